The summed E-state index contributed by atoms with van der Waals surface area (Å²) < 4.78 is 5.14. The highest BCUT2D eigenvalue weighted by molar-refractivity contribution is 7.14. The maximum Gasteiger partial charge on any atom is 0.230 e. The second kappa shape index (κ2) is 7.92. The Morgan fingerprint density at radius 1 is 1.33 bits per heavy atom. The van der Waals surface area contributed by atoms with E-state index in [2.05, 4.69) is 10.3 Å². The molecule has 7 heteroatoms. The molecule has 1 atom stereocenters. The first-order valence-electron chi connectivity index (χ1n) is 7.50. The first-order chi connectivity index (χ1) is 11.4. The summed E-state index contributed by atoms with van der Waals surface area (Å²) in [5.41, 5.74) is 1.73. The summed E-state index contributed by atoms with van der Waals surface area (Å²) in [7, 11) is 3.29. The number of hydrogen-bond acceptors (Lipinski definition) is 5. The van der Waals surface area contributed by atoms with Gasteiger partial charge in [0.15, 0.2) is 5.13 Å². The quantitative estimate of drug-likeness (QED) is 0.872. The molecule has 1 aromatic carbocycles. The number of carbonyl (C=O) groups is 2. The second-order valence-corrected chi connectivity index (χ2v) is 6.29. The van der Waals surface area contributed by atoms with E-state index in [0.717, 1.165) is 17.0 Å². The summed E-state index contributed by atoms with van der Waals surface area (Å²) in [4.78, 5) is 29.9. The van der Waals surface area contributed by atoms with E-state index in [-0.39, 0.29) is 18.2 Å². The van der Waals surface area contributed by atoms with Gasteiger partial charge in [-0.1, -0.05) is 12.1 Å². The third kappa shape index (κ3) is 4.55. The minimum Gasteiger partial charge on any atom is -0.497 e. The lowest BCUT2D eigenvalue weighted by molar-refractivity contribution is -0.121. The first-order valence-corrected chi connectivity index (χ1v) is 8.38. The lowest BCUT2D eigenvalue weighted by Gasteiger charge is -2.21. The van der Waals surface area contributed by atoms with Crippen molar-refractivity contribution < 1.29 is 14.3 Å². The molecule has 0 saturated carbocycles. The highest BCUT2D eigenvalue weighted by Gasteiger charge is 2.21. The zero-order valence-electron chi connectivity index (χ0n) is 14.2. The van der Waals surface area contributed by atoms with Crippen LogP contribution in [0, 0.1) is 6.92 Å². The van der Waals surface area contributed by atoms with Crippen molar-refractivity contribution in [3.63, 3.8) is 0 Å². The van der Waals surface area contributed by atoms with Gasteiger partial charge in [-0.25, -0.2) is 4.98 Å². The van der Waals surface area contributed by atoms with E-state index < -0.39 is 6.04 Å². The van der Waals surface area contributed by atoms with Gasteiger partial charge in [-0.15, -0.1) is 11.3 Å². The minimum atomic E-state index is -0.399. The number of aromatic nitrogens is 1. The predicted molar refractivity (Wildman–Crippen MR) is 94.4 cm³/mol. The number of amides is 2. The number of anilines is 1. The maximum absolute atomic E-state index is 12.6. The fourth-order valence-electron chi connectivity index (χ4n) is 2.25. The van der Waals surface area contributed by atoms with Crippen LogP contribution < -0.4 is 15.0 Å². The zero-order chi connectivity index (χ0) is 17.7. The third-order valence-electron chi connectivity index (χ3n) is 3.54. The average molecular weight is 347 g/mol. The summed E-state index contributed by atoms with van der Waals surface area (Å²) in [5, 5.41) is 5.38. The van der Waals surface area contributed by atoms with Crippen LogP contribution in [-0.2, 0) is 9.59 Å². The Morgan fingerprint density at radius 2 is 2.00 bits per heavy atom. The maximum atomic E-state index is 12.6. The van der Waals surface area contributed by atoms with E-state index in [1.54, 1.807) is 14.2 Å². The van der Waals surface area contributed by atoms with Crippen molar-refractivity contribution in [3.8, 4) is 5.75 Å². The summed E-state index contributed by atoms with van der Waals surface area (Å²) in [6.45, 7) is 3.32. The molecule has 0 fully saturated rings. The molecule has 2 aromatic rings. The van der Waals surface area contributed by atoms with Crippen molar-refractivity contribution >= 4 is 28.3 Å². The zero-order valence-corrected chi connectivity index (χ0v) is 15.0. The molecule has 0 radical (unpaired) electrons. The highest BCUT2D eigenvalue weighted by Crippen LogP contribution is 2.24. The third-order valence-corrected chi connectivity index (χ3v) is 4.58. The van der Waals surface area contributed by atoms with E-state index in [4.69, 9.17) is 4.74 Å². The van der Waals surface area contributed by atoms with Crippen molar-refractivity contribution in [1.82, 2.24) is 10.3 Å². The topological polar surface area (TPSA) is 71.5 Å². The van der Waals surface area contributed by atoms with Crippen LogP contribution in [0.25, 0.3) is 0 Å². The Balaban J connectivity index is 2.15. The molecule has 0 bridgehead atoms. The van der Waals surface area contributed by atoms with Crippen LogP contribution in [0.1, 0.15) is 30.6 Å². The molecule has 2 rings (SSSR count). The van der Waals surface area contributed by atoms with Crippen molar-refractivity contribution in [1.29, 1.82) is 0 Å². The van der Waals surface area contributed by atoms with Crippen molar-refractivity contribution in [2.45, 2.75) is 26.3 Å². The molecule has 0 aliphatic rings. The number of carbonyl (C=O) groups excluding carboxylic acids is 2. The molecule has 0 aliphatic carbocycles. The number of hydrogen-bond donors (Lipinski definition) is 1. The molecule has 1 unspecified atom stereocenters. The molecule has 6 nitrogen and oxygen atoms in total. The van der Waals surface area contributed by atoms with E-state index in [1.807, 2.05) is 36.6 Å². The number of benzene rings is 1. The van der Waals surface area contributed by atoms with Crippen LogP contribution in [0.15, 0.2) is 29.6 Å². The Hall–Kier alpha value is -2.41. The fourth-order valence-corrected chi connectivity index (χ4v) is 3.03. The summed E-state index contributed by atoms with van der Waals surface area (Å²) in [6, 6.07) is 6.91. The lowest BCUT2D eigenvalue weighted by Crippen LogP contribution is -2.33. The average Bonchev–Trinajstić information content (AvgIpc) is 2.99. The number of methoxy groups -OCH3 is 1. The molecule has 1 aromatic heterocycles. The molecule has 0 saturated heterocycles. The molecule has 0 spiro atoms. The largest absolute Gasteiger partial charge is 0.497 e. The number of thiazole rings is 1. The molecule has 1 N–H and O–H groups in total. The molecule has 128 valence electrons. The van der Waals surface area contributed by atoms with Crippen molar-refractivity contribution in [3.05, 3.63) is 40.9 Å². The van der Waals surface area contributed by atoms with Crippen molar-refractivity contribution in [2.75, 3.05) is 19.1 Å². The smallest absolute Gasteiger partial charge is 0.230 e. The number of rotatable bonds is 6. The van der Waals surface area contributed by atoms with Gasteiger partial charge in [0, 0.05) is 19.4 Å². The molecule has 1 heterocycles. The predicted octanol–water partition coefficient (Wildman–Crippen LogP) is 2.69. The summed E-state index contributed by atoms with van der Waals surface area (Å²) in [5.74, 6) is 0.428. The van der Waals surface area contributed by atoms with Gasteiger partial charge < -0.3 is 10.1 Å². The van der Waals surface area contributed by atoms with Crippen LogP contribution in [-0.4, -0.2) is 31.0 Å². The Labute approximate surface area is 145 Å². The Morgan fingerprint density at radius 3 is 2.50 bits per heavy atom. The Kier molecular flexibility index (Phi) is 5.92. The molecule has 2 amide bonds. The molecular formula is C17H21N3O3S. The summed E-state index contributed by atoms with van der Waals surface area (Å²) in [6.07, 6.45) is 0.154. The van der Waals surface area contributed by atoms with E-state index in [1.165, 1.54) is 23.2 Å². The van der Waals surface area contributed by atoms with Gasteiger partial charge in [0.25, 0.3) is 0 Å². The fraction of sp³-hybridized carbons (Fsp3) is 0.353. The molecule has 24 heavy (non-hydrogen) atoms. The number of ether oxygens (including phenoxy) is 1. The van der Waals surface area contributed by atoms with Crippen molar-refractivity contribution in [2.24, 2.45) is 0 Å². The van der Waals surface area contributed by atoms with Gasteiger partial charge in [0.1, 0.15) is 5.75 Å². The molecule has 0 aliphatic heterocycles. The first kappa shape index (κ1) is 17.9. The van der Waals surface area contributed by atoms with Crippen LogP contribution in [0.4, 0.5) is 5.13 Å². The number of nitrogens with one attached hydrogen (secondary N) is 1. The normalized spacial score (nSPS) is 11.7. The van der Waals surface area contributed by atoms with Crippen LogP contribution in [0.3, 0.4) is 0 Å². The monoisotopic (exact) mass is 347 g/mol. The highest BCUT2D eigenvalue weighted by atomic mass is 32.1. The van der Waals surface area contributed by atoms with Crippen LogP contribution in [0.2, 0.25) is 0 Å². The van der Waals surface area contributed by atoms with E-state index >= 15 is 0 Å². The summed E-state index contributed by atoms with van der Waals surface area (Å²) >= 11 is 1.42. The van der Waals surface area contributed by atoms with Gasteiger partial charge in [0.05, 0.1) is 25.3 Å². The molecular weight excluding hydrogens is 326 g/mol. The van der Waals surface area contributed by atoms with Gasteiger partial charge >= 0.3 is 0 Å². The van der Waals surface area contributed by atoms with Crippen LogP contribution in [0.5, 0.6) is 5.75 Å². The van der Waals surface area contributed by atoms with Crippen LogP contribution >= 0.6 is 11.3 Å². The van der Waals surface area contributed by atoms with Gasteiger partial charge in [-0.3, -0.25) is 14.5 Å². The Bertz CT molecular complexity index is 712. The van der Waals surface area contributed by atoms with Gasteiger partial charge in [0.2, 0.25) is 11.8 Å². The number of nitrogens with zero attached hydrogens (tertiary/aromatic N) is 2. The second-order valence-electron chi connectivity index (χ2n) is 5.45. The van der Waals surface area contributed by atoms with E-state index in [0.29, 0.717) is 5.13 Å². The SMILES string of the molecule is COc1ccc(C(CC(=O)N(C)c2nc(C)cs2)NC(C)=O)cc1. The van der Waals surface area contributed by atoms with E-state index in [9.17, 15) is 9.59 Å². The van der Waals surface area contributed by atoms with Gasteiger partial charge in [-0.2, -0.15) is 0 Å². The lowest BCUT2D eigenvalue weighted by atomic mass is 10.0. The van der Waals surface area contributed by atoms with Gasteiger partial charge in [-0.05, 0) is 24.6 Å². The minimum absolute atomic E-state index is 0.112. The standard InChI is InChI=1S/C17H21N3O3S/c1-11-10-24-17(18-11)20(3)16(22)9-15(19-12(2)21)13-5-7-14(23-4)8-6-13/h5-8,10,15H,9H2,1-4H3,(H,19,21). The number of aryl methyl sites for hydroxylation is 1.